The van der Waals surface area contributed by atoms with Crippen LogP contribution in [0.15, 0.2) is 0 Å². The number of hydrogen-bond acceptors (Lipinski definition) is 2. The zero-order valence-corrected chi connectivity index (χ0v) is 8.50. The highest BCUT2D eigenvalue weighted by Crippen LogP contribution is 2.16. The number of Topliss-reactive ketones (excluding diaryl/α,β-unsaturated/α-hetero) is 1. The van der Waals surface area contributed by atoms with E-state index in [1.54, 1.807) is 0 Å². The van der Waals surface area contributed by atoms with E-state index in [0.717, 1.165) is 12.8 Å². The third-order valence-corrected chi connectivity index (χ3v) is 2.36. The first-order valence-corrected chi connectivity index (χ1v) is 4.76. The lowest BCUT2D eigenvalue weighted by Gasteiger charge is -2.20. The van der Waals surface area contributed by atoms with Crippen LogP contribution in [0.4, 0.5) is 0 Å². The maximum atomic E-state index is 11.4. The van der Waals surface area contributed by atoms with Crippen LogP contribution in [-0.2, 0) is 4.79 Å². The minimum absolute atomic E-state index is 0.0244. The van der Waals surface area contributed by atoms with Crippen molar-refractivity contribution in [3.8, 4) is 0 Å². The molecule has 72 valence electrons. The van der Waals surface area contributed by atoms with E-state index in [-0.39, 0.29) is 17.6 Å². The molecule has 0 rings (SSSR count). The van der Waals surface area contributed by atoms with Gasteiger partial charge in [0.1, 0.15) is 6.10 Å². The Balaban J connectivity index is 4.15. The smallest absolute Gasteiger partial charge is 0.164 e. The molecule has 0 amide bonds. The molecule has 2 heteroatoms. The zero-order chi connectivity index (χ0) is 9.72. The van der Waals surface area contributed by atoms with E-state index in [2.05, 4.69) is 0 Å². The topological polar surface area (TPSA) is 37.3 Å². The summed E-state index contributed by atoms with van der Waals surface area (Å²) >= 11 is 0. The Morgan fingerprint density at radius 1 is 1.25 bits per heavy atom. The summed E-state index contributed by atoms with van der Waals surface area (Å²) in [7, 11) is 0. The molecule has 12 heavy (non-hydrogen) atoms. The summed E-state index contributed by atoms with van der Waals surface area (Å²) in [6, 6.07) is 0. The number of aliphatic hydroxyl groups is 1. The summed E-state index contributed by atoms with van der Waals surface area (Å²) in [6.07, 6.45) is 0.992. The van der Waals surface area contributed by atoms with Crippen molar-refractivity contribution in [3.63, 3.8) is 0 Å². The lowest BCUT2D eigenvalue weighted by Crippen LogP contribution is -2.32. The number of ketones is 1. The van der Waals surface area contributed by atoms with E-state index in [4.69, 9.17) is 0 Å². The maximum Gasteiger partial charge on any atom is 0.164 e. The molecule has 1 N–H and O–H groups in total. The number of hydrogen-bond donors (Lipinski definition) is 1. The summed E-state index contributed by atoms with van der Waals surface area (Å²) in [5.74, 6) is 0.0594. The first-order valence-electron chi connectivity index (χ1n) is 4.76. The maximum absolute atomic E-state index is 11.4. The number of rotatable bonds is 5. The van der Waals surface area contributed by atoms with Gasteiger partial charge in [-0.15, -0.1) is 0 Å². The molecule has 0 bridgehead atoms. The molecule has 0 spiro atoms. The monoisotopic (exact) mass is 172 g/mol. The summed E-state index contributed by atoms with van der Waals surface area (Å²) < 4.78 is 0. The van der Waals surface area contributed by atoms with Crippen molar-refractivity contribution in [1.82, 2.24) is 0 Å². The highest BCUT2D eigenvalue weighted by atomic mass is 16.3. The van der Waals surface area contributed by atoms with Gasteiger partial charge in [0.05, 0.1) is 0 Å². The van der Waals surface area contributed by atoms with Crippen molar-refractivity contribution < 1.29 is 9.90 Å². The molecule has 0 aromatic rings. The van der Waals surface area contributed by atoms with Crippen LogP contribution in [-0.4, -0.2) is 17.0 Å². The molecular formula is C10H20O2. The van der Waals surface area contributed by atoms with Crippen LogP contribution in [0.2, 0.25) is 0 Å². The lowest BCUT2D eigenvalue weighted by molar-refractivity contribution is -0.133. The van der Waals surface area contributed by atoms with E-state index in [9.17, 15) is 9.90 Å². The number of carbonyl (C=O) groups is 1. The Morgan fingerprint density at radius 2 is 1.67 bits per heavy atom. The third-order valence-electron chi connectivity index (χ3n) is 2.36. The molecule has 2 nitrogen and oxygen atoms in total. The van der Waals surface area contributed by atoms with Gasteiger partial charge >= 0.3 is 0 Å². The predicted molar refractivity (Wildman–Crippen MR) is 49.9 cm³/mol. The van der Waals surface area contributed by atoms with Gasteiger partial charge < -0.3 is 5.11 Å². The molecule has 0 aromatic carbocycles. The molecule has 1 atom stereocenters. The lowest BCUT2D eigenvalue weighted by atomic mass is 9.89. The van der Waals surface area contributed by atoms with Crippen LogP contribution in [0.3, 0.4) is 0 Å². The van der Waals surface area contributed by atoms with E-state index in [1.165, 1.54) is 0 Å². The highest BCUT2D eigenvalue weighted by molar-refractivity contribution is 5.84. The standard InChI is InChI=1S/C10H20O2/c1-5-8(6-2)10(12)9(11)7(3)4/h7-8,10,12H,5-6H2,1-4H3. The third kappa shape index (κ3) is 2.94. The van der Waals surface area contributed by atoms with Gasteiger partial charge in [-0.05, 0) is 5.92 Å². The zero-order valence-electron chi connectivity index (χ0n) is 8.50. The molecule has 0 heterocycles. The average molecular weight is 172 g/mol. The van der Waals surface area contributed by atoms with Gasteiger partial charge in [-0.3, -0.25) is 4.79 Å². The molecule has 1 unspecified atom stereocenters. The predicted octanol–water partition coefficient (Wildman–Crippen LogP) is 2.01. The largest absolute Gasteiger partial charge is 0.385 e. The molecule has 0 radical (unpaired) electrons. The second-order valence-electron chi connectivity index (χ2n) is 3.58. The van der Waals surface area contributed by atoms with Crippen LogP contribution < -0.4 is 0 Å². The number of aliphatic hydroxyl groups excluding tert-OH is 1. The Morgan fingerprint density at radius 3 is 1.92 bits per heavy atom. The Hall–Kier alpha value is -0.370. The average Bonchev–Trinajstić information content (AvgIpc) is 2.05. The molecule has 0 aromatic heterocycles. The normalized spacial score (nSPS) is 13.9. The van der Waals surface area contributed by atoms with Gasteiger partial charge in [-0.1, -0.05) is 40.5 Å². The molecule has 0 aliphatic heterocycles. The number of carbonyl (C=O) groups excluding carboxylic acids is 1. The minimum Gasteiger partial charge on any atom is -0.385 e. The first-order chi connectivity index (χ1) is 5.54. The second-order valence-corrected chi connectivity index (χ2v) is 3.58. The fourth-order valence-electron chi connectivity index (χ4n) is 1.31. The SMILES string of the molecule is CCC(CC)C(O)C(=O)C(C)C. The first kappa shape index (κ1) is 11.6. The van der Waals surface area contributed by atoms with Crippen molar-refractivity contribution in [2.45, 2.75) is 46.6 Å². The van der Waals surface area contributed by atoms with E-state index in [1.807, 2.05) is 27.7 Å². The molecular weight excluding hydrogens is 152 g/mol. The fraction of sp³-hybridized carbons (Fsp3) is 0.900. The Labute approximate surface area is 75.0 Å². The summed E-state index contributed by atoms with van der Waals surface area (Å²) in [5.41, 5.74) is 0. The van der Waals surface area contributed by atoms with Crippen LogP contribution >= 0.6 is 0 Å². The van der Waals surface area contributed by atoms with Gasteiger partial charge in [0, 0.05) is 5.92 Å². The quantitative estimate of drug-likeness (QED) is 0.688. The van der Waals surface area contributed by atoms with Crippen molar-refractivity contribution in [2.24, 2.45) is 11.8 Å². The van der Waals surface area contributed by atoms with Gasteiger partial charge in [-0.25, -0.2) is 0 Å². The summed E-state index contributed by atoms with van der Waals surface area (Å²) in [5, 5.41) is 9.60. The van der Waals surface area contributed by atoms with Crippen molar-refractivity contribution in [3.05, 3.63) is 0 Å². The van der Waals surface area contributed by atoms with E-state index in [0.29, 0.717) is 0 Å². The van der Waals surface area contributed by atoms with Crippen LogP contribution in [0.1, 0.15) is 40.5 Å². The van der Waals surface area contributed by atoms with Gasteiger partial charge in [0.25, 0.3) is 0 Å². The van der Waals surface area contributed by atoms with Gasteiger partial charge in [0.2, 0.25) is 0 Å². The van der Waals surface area contributed by atoms with E-state index < -0.39 is 6.10 Å². The Kier molecular flexibility index (Phi) is 5.14. The van der Waals surface area contributed by atoms with E-state index >= 15 is 0 Å². The summed E-state index contributed by atoms with van der Waals surface area (Å²) in [4.78, 5) is 11.4. The molecule has 0 fully saturated rings. The van der Waals surface area contributed by atoms with Gasteiger partial charge in [0.15, 0.2) is 5.78 Å². The molecule has 0 saturated heterocycles. The second kappa shape index (κ2) is 5.31. The molecule has 0 saturated carbocycles. The van der Waals surface area contributed by atoms with Crippen molar-refractivity contribution in [1.29, 1.82) is 0 Å². The van der Waals surface area contributed by atoms with Crippen LogP contribution in [0.25, 0.3) is 0 Å². The molecule has 0 aliphatic carbocycles. The highest BCUT2D eigenvalue weighted by Gasteiger charge is 2.24. The minimum atomic E-state index is -0.750. The van der Waals surface area contributed by atoms with Crippen molar-refractivity contribution in [2.75, 3.05) is 0 Å². The fourth-order valence-corrected chi connectivity index (χ4v) is 1.31. The summed E-state index contributed by atoms with van der Waals surface area (Å²) in [6.45, 7) is 7.66. The Bertz CT molecular complexity index is 137. The van der Waals surface area contributed by atoms with Crippen molar-refractivity contribution >= 4 is 5.78 Å². The van der Waals surface area contributed by atoms with Gasteiger partial charge in [-0.2, -0.15) is 0 Å². The van der Waals surface area contributed by atoms with Crippen LogP contribution in [0.5, 0.6) is 0 Å². The van der Waals surface area contributed by atoms with Crippen LogP contribution in [0, 0.1) is 11.8 Å². The molecule has 0 aliphatic rings.